The maximum atomic E-state index is 13.9. The van der Waals surface area contributed by atoms with E-state index in [1.54, 1.807) is 24.0 Å². The molecule has 0 aliphatic carbocycles. The monoisotopic (exact) mass is 537 g/mol. The predicted molar refractivity (Wildman–Crippen MR) is 146 cm³/mol. The van der Waals surface area contributed by atoms with Crippen LogP contribution in [0, 0.1) is 5.92 Å². The molecule has 4 N–H and O–H groups in total. The van der Waals surface area contributed by atoms with E-state index >= 15 is 0 Å². The number of amides is 2. The number of benzene rings is 2. The number of hydrogen-bond acceptors (Lipinski definition) is 5. The van der Waals surface area contributed by atoms with Crippen molar-refractivity contribution in [3.8, 4) is 0 Å². The second-order valence-electron chi connectivity index (χ2n) is 10.1. The number of nitrogens with one attached hydrogen (secondary N) is 4. The number of fused-ring (bicyclic) bond motifs is 2. The summed E-state index contributed by atoms with van der Waals surface area (Å²) in [6.45, 7) is 4.44. The van der Waals surface area contributed by atoms with Gasteiger partial charge in [0.05, 0.1) is 4.90 Å². The van der Waals surface area contributed by atoms with E-state index in [4.69, 9.17) is 0 Å². The van der Waals surface area contributed by atoms with Gasteiger partial charge in [0, 0.05) is 49.1 Å². The highest BCUT2D eigenvalue weighted by atomic mass is 32.2. The highest BCUT2D eigenvalue weighted by Crippen LogP contribution is 2.25. The van der Waals surface area contributed by atoms with Gasteiger partial charge in [-0.1, -0.05) is 31.2 Å². The van der Waals surface area contributed by atoms with Crippen LogP contribution in [0.25, 0.3) is 10.9 Å². The van der Waals surface area contributed by atoms with Crippen LogP contribution >= 0.6 is 0 Å². The number of sulfonamides is 1. The quantitative estimate of drug-likeness (QED) is 0.350. The standard InChI is InChI=1S/C28H35N5O4S/c1-2-31-38(36,37)23-8-7-19-11-14-33(18-22(19)15-23)28(35)26(32-27(34)20-9-12-29-13-10-20)16-21-17-30-25-6-4-3-5-24(21)25/h3-8,15,17,20,26,29-31H,2,9-14,16,18H2,1H3,(H,32,34)/t26-/m1/s1. The summed E-state index contributed by atoms with van der Waals surface area (Å²) in [6.07, 6.45) is 4.41. The van der Waals surface area contributed by atoms with Gasteiger partial charge in [0.25, 0.3) is 0 Å². The number of carbonyl (C=O) groups excluding carboxylic acids is 2. The molecule has 2 amide bonds. The highest BCUT2D eigenvalue weighted by molar-refractivity contribution is 7.89. The van der Waals surface area contributed by atoms with Crippen molar-refractivity contribution < 1.29 is 18.0 Å². The van der Waals surface area contributed by atoms with Crippen LogP contribution < -0.4 is 15.4 Å². The second-order valence-corrected chi connectivity index (χ2v) is 11.9. The summed E-state index contributed by atoms with van der Waals surface area (Å²) in [5, 5.41) is 7.40. The Morgan fingerprint density at radius 1 is 1.11 bits per heavy atom. The van der Waals surface area contributed by atoms with Crippen molar-refractivity contribution >= 4 is 32.7 Å². The van der Waals surface area contributed by atoms with E-state index in [9.17, 15) is 18.0 Å². The largest absolute Gasteiger partial charge is 0.361 e. The maximum absolute atomic E-state index is 13.9. The second kappa shape index (κ2) is 11.3. The smallest absolute Gasteiger partial charge is 0.245 e. The van der Waals surface area contributed by atoms with Crippen LogP contribution in [0.4, 0.5) is 0 Å². The zero-order valence-electron chi connectivity index (χ0n) is 21.6. The van der Waals surface area contributed by atoms with Gasteiger partial charge >= 0.3 is 0 Å². The summed E-state index contributed by atoms with van der Waals surface area (Å²) in [4.78, 5) is 32.3. The minimum absolute atomic E-state index is 0.0823. The van der Waals surface area contributed by atoms with E-state index in [-0.39, 0.29) is 22.6 Å². The molecule has 1 saturated heterocycles. The Bertz CT molecular complexity index is 1430. The van der Waals surface area contributed by atoms with Crippen molar-refractivity contribution in [3.63, 3.8) is 0 Å². The normalized spacial score (nSPS) is 17.2. The Morgan fingerprint density at radius 3 is 2.68 bits per heavy atom. The highest BCUT2D eigenvalue weighted by Gasteiger charge is 2.32. The van der Waals surface area contributed by atoms with E-state index in [0.717, 1.165) is 53.5 Å². The molecular weight excluding hydrogens is 502 g/mol. The summed E-state index contributed by atoms with van der Waals surface area (Å²) in [5.41, 5.74) is 3.82. The predicted octanol–water partition coefficient (Wildman–Crippen LogP) is 2.08. The van der Waals surface area contributed by atoms with Gasteiger partial charge in [0.2, 0.25) is 21.8 Å². The van der Waals surface area contributed by atoms with Crippen LogP contribution in [0.15, 0.2) is 53.6 Å². The first-order valence-corrected chi connectivity index (χ1v) is 14.8. The first kappa shape index (κ1) is 26.4. The molecule has 1 aromatic heterocycles. The maximum Gasteiger partial charge on any atom is 0.245 e. The lowest BCUT2D eigenvalue weighted by Crippen LogP contribution is -2.52. The van der Waals surface area contributed by atoms with Crippen LogP contribution in [0.2, 0.25) is 0 Å². The van der Waals surface area contributed by atoms with Gasteiger partial charge in [-0.25, -0.2) is 13.1 Å². The van der Waals surface area contributed by atoms with Gasteiger partial charge in [-0.05, 0) is 67.2 Å². The fourth-order valence-electron chi connectivity index (χ4n) is 5.48. The topological polar surface area (TPSA) is 123 Å². The number of piperidine rings is 1. The van der Waals surface area contributed by atoms with Gasteiger partial charge in [0.15, 0.2) is 0 Å². The average molecular weight is 538 g/mol. The summed E-state index contributed by atoms with van der Waals surface area (Å²) < 4.78 is 27.6. The molecule has 0 radical (unpaired) electrons. The molecule has 1 atom stereocenters. The molecule has 3 aromatic rings. The zero-order valence-corrected chi connectivity index (χ0v) is 22.4. The van der Waals surface area contributed by atoms with Crippen LogP contribution in [-0.4, -0.2) is 62.3 Å². The Morgan fingerprint density at radius 2 is 1.89 bits per heavy atom. The number of para-hydroxylation sites is 1. The molecule has 1 fully saturated rings. The molecule has 2 aromatic carbocycles. The number of hydrogen-bond donors (Lipinski definition) is 4. The van der Waals surface area contributed by atoms with Crippen molar-refractivity contribution in [1.29, 1.82) is 0 Å². The molecule has 10 heteroatoms. The Labute approximate surface area is 223 Å². The SMILES string of the molecule is CCNS(=O)(=O)c1ccc2c(c1)CN(C(=O)[C@@H](Cc1c[nH]c3ccccc13)NC(=O)C1CCNCC1)CC2. The third-order valence-electron chi connectivity index (χ3n) is 7.57. The summed E-state index contributed by atoms with van der Waals surface area (Å²) in [5.74, 6) is -0.347. The lowest BCUT2D eigenvalue weighted by atomic mass is 9.95. The number of H-pyrrole nitrogens is 1. The minimum atomic E-state index is -3.60. The molecule has 3 heterocycles. The van der Waals surface area contributed by atoms with Crippen molar-refractivity contribution in [2.24, 2.45) is 5.92 Å². The van der Waals surface area contributed by atoms with Crippen LogP contribution in [0.1, 0.15) is 36.5 Å². The molecule has 2 aliphatic heterocycles. The van der Waals surface area contributed by atoms with Crippen molar-refractivity contribution in [1.82, 2.24) is 25.2 Å². The third-order valence-corrected chi connectivity index (χ3v) is 9.11. The number of aromatic nitrogens is 1. The van der Waals surface area contributed by atoms with Crippen molar-refractivity contribution in [2.75, 3.05) is 26.2 Å². The van der Waals surface area contributed by atoms with Gasteiger partial charge < -0.3 is 20.5 Å². The molecule has 38 heavy (non-hydrogen) atoms. The molecule has 5 rings (SSSR count). The van der Waals surface area contributed by atoms with Gasteiger partial charge in [-0.3, -0.25) is 9.59 Å². The van der Waals surface area contributed by atoms with Gasteiger partial charge in [-0.15, -0.1) is 0 Å². The number of carbonyl (C=O) groups is 2. The van der Waals surface area contributed by atoms with Crippen molar-refractivity contribution in [2.45, 2.75) is 50.1 Å². The molecule has 2 aliphatic rings. The molecule has 0 unspecified atom stereocenters. The lowest BCUT2D eigenvalue weighted by Gasteiger charge is -2.33. The summed E-state index contributed by atoms with van der Waals surface area (Å²) >= 11 is 0. The number of aromatic amines is 1. The van der Waals surface area contributed by atoms with Crippen LogP contribution in [0.5, 0.6) is 0 Å². The van der Waals surface area contributed by atoms with Gasteiger partial charge in [0.1, 0.15) is 6.04 Å². The Hall–Kier alpha value is -3.21. The first-order valence-electron chi connectivity index (χ1n) is 13.3. The first-order chi connectivity index (χ1) is 18.4. The van der Waals surface area contributed by atoms with E-state index < -0.39 is 16.1 Å². The van der Waals surface area contributed by atoms with E-state index in [0.29, 0.717) is 32.5 Å². The minimum Gasteiger partial charge on any atom is -0.361 e. The molecule has 202 valence electrons. The fraction of sp³-hybridized carbons (Fsp3) is 0.429. The molecule has 9 nitrogen and oxygen atoms in total. The lowest BCUT2D eigenvalue weighted by molar-refractivity contribution is -0.138. The van der Waals surface area contributed by atoms with Gasteiger partial charge in [-0.2, -0.15) is 0 Å². The van der Waals surface area contributed by atoms with E-state index in [1.807, 2.05) is 36.5 Å². The third kappa shape index (κ3) is 5.62. The molecule has 0 bridgehead atoms. The summed E-state index contributed by atoms with van der Waals surface area (Å²) in [7, 11) is -3.60. The molecular formula is C28H35N5O4S. The molecule has 0 spiro atoms. The van der Waals surface area contributed by atoms with Crippen molar-refractivity contribution in [3.05, 3.63) is 65.4 Å². The fourth-order valence-corrected chi connectivity index (χ4v) is 6.57. The zero-order chi connectivity index (χ0) is 26.7. The van der Waals surface area contributed by atoms with Crippen LogP contribution in [0.3, 0.4) is 0 Å². The van der Waals surface area contributed by atoms with E-state index in [1.165, 1.54) is 0 Å². The average Bonchev–Trinajstić information content (AvgIpc) is 3.34. The van der Waals surface area contributed by atoms with E-state index in [2.05, 4.69) is 20.3 Å². The van der Waals surface area contributed by atoms with Crippen LogP contribution in [-0.2, 0) is 39.0 Å². The summed E-state index contributed by atoms with van der Waals surface area (Å²) in [6, 6.07) is 12.3. The Balaban J connectivity index is 1.39. The Kier molecular flexibility index (Phi) is 7.83. The number of nitrogens with zero attached hydrogens (tertiary/aromatic N) is 1. The number of rotatable bonds is 8. The molecule has 0 saturated carbocycles.